The summed E-state index contributed by atoms with van der Waals surface area (Å²) in [6, 6.07) is 5.51. The van der Waals surface area contributed by atoms with Crippen molar-refractivity contribution in [3.05, 3.63) is 132 Å². The molecule has 0 spiro atoms. The Hall–Kier alpha value is -6.83. The van der Waals surface area contributed by atoms with Crippen molar-refractivity contribution in [2.24, 2.45) is 22.7 Å². The van der Waals surface area contributed by atoms with Gasteiger partial charge in [0.15, 0.2) is 17.5 Å². The summed E-state index contributed by atoms with van der Waals surface area (Å²) in [4.78, 5) is 99.6. The molecule has 1 amide bonds. The standard InChI is InChI=1S/C65H83F2NO16/c1-10-11-12-13-14-15-16-17-18-19-20-21-22-23-24-25-26-27-31-34-50(71)80-52(45(37-49(66)67)68-60(76)84-61(4,5)6)59(75)79-46-39-65(77)56(82-58(74)43-32-29-28-30-33-43)54-63(9,47(70)38-48-64(54,40-78-48)83-42(3)69)55(72)53(81-57(73)44-35-36-44)51(41(46)2)62(65,7)8/h11-12,14-15,17-18,20-21,23-24,26-30,32-33,37,44-48,52-54,56,70,77H,10,13,16,19,22,25,31,34-36,38-40H2,1-9H3,(H,68,76)/b12-11-,15-14-,18-17-,21-20-,24-23-,27-26-/t45-,46-,47-,48+,52+,53+,54-,56-,63+,64-,65+/m0/s1. The summed E-state index contributed by atoms with van der Waals surface area (Å²) in [6.45, 7) is 13.2. The lowest BCUT2D eigenvalue weighted by molar-refractivity contribution is -0.346. The highest BCUT2D eigenvalue weighted by molar-refractivity contribution is 5.96. The maximum absolute atomic E-state index is 15.9. The Morgan fingerprint density at radius 1 is 0.833 bits per heavy atom. The molecule has 5 aliphatic rings. The first-order chi connectivity index (χ1) is 39.7. The Bertz CT molecular complexity index is 2800. The third-order valence-electron chi connectivity index (χ3n) is 16.2. The number of carbonyl (C=O) groups is 7. The fourth-order valence-electron chi connectivity index (χ4n) is 11.7. The molecule has 11 atom stereocenters. The molecule has 0 aromatic heterocycles. The van der Waals surface area contributed by atoms with Gasteiger partial charge in [0, 0.05) is 37.7 Å². The van der Waals surface area contributed by atoms with Crippen LogP contribution in [0.2, 0.25) is 0 Å². The van der Waals surface area contributed by atoms with Crippen molar-refractivity contribution in [2.75, 3.05) is 6.61 Å². The van der Waals surface area contributed by atoms with Crippen LogP contribution in [0.4, 0.5) is 13.6 Å². The molecule has 1 aromatic carbocycles. The van der Waals surface area contributed by atoms with Gasteiger partial charge in [0.2, 0.25) is 6.10 Å². The second-order valence-electron chi connectivity index (χ2n) is 23.8. The quantitative estimate of drug-likeness (QED) is 0.0469. The largest absolute Gasteiger partial charge is 0.455 e. The first-order valence-electron chi connectivity index (χ1n) is 29.0. The van der Waals surface area contributed by atoms with E-state index < -0.39 is 143 Å². The van der Waals surface area contributed by atoms with E-state index in [1.54, 1.807) is 24.3 Å². The number of ketones is 1. The van der Waals surface area contributed by atoms with Crippen LogP contribution in [0, 0.1) is 22.7 Å². The average molecular weight is 1170 g/mol. The molecular formula is C65H83F2NO16. The molecule has 0 unspecified atom stereocenters. The summed E-state index contributed by atoms with van der Waals surface area (Å²) in [5.74, 6) is -8.41. The van der Waals surface area contributed by atoms with E-state index in [9.17, 15) is 47.8 Å². The number of hydrogen-bond donors (Lipinski definition) is 3. The van der Waals surface area contributed by atoms with Gasteiger partial charge in [-0.2, -0.15) is 8.78 Å². The number of aliphatic hydroxyl groups excluding tert-OH is 1. The number of nitrogens with one attached hydrogen (secondary N) is 1. The van der Waals surface area contributed by atoms with Crippen LogP contribution in [-0.2, 0) is 57.1 Å². The van der Waals surface area contributed by atoms with E-state index in [0.717, 1.165) is 32.6 Å². The highest BCUT2D eigenvalue weighted by atomic mass is 19.3. The molecule has 17 nitrogen and oxygen atoms in total. The Balaban J connectivity index is 1.33. The number of ether oxygens (including phenoxy) is 7. The van der Waals surface area contributed by atoms with Crippen molar-refractivity contribution in [3.8, 4) is 0 Å². The molecule has 0 radical (unpaired) electrons. The predicted molar refractivity (Wildman–Crippen MR) is 306 cm³/mol. The number of esters is 5. The lowest BCUT2D eigenvalue weighted by Gasteiger charge is -2.67. The number of halogens is 2. The van der Waals surface area contributed by atoms with Gasteiger partial charge in [0.25, 0.3) is 6.08 Å². The normalized spacial score (nSPS) is 28.2. The molecule has 6 rings (SSSR count). The van der Waals surface area contributed by atoms with Gasteiger partial charge < -0.3 is 48.7 Å². The van der Waals surface area contributed by atoms with E-state index in [1.165, 1.54) is 60.6 Å². The van der Waals surface area contributed by atoms with Crippen LogP contribution in [-0.4, -0.2) is 118 Å². The molecule has 1 aromatic rings. The van der Waals surface area contributed by atoms with Crippen LogP contribution in [0.15, 0.2) is 127 Å². The molecule has 1 saturated heterocycles. The fourth-order valence-corrected chi connectivity index (χ4v) is 11.7. The number of hydrogen-bond acceptors (Lipinski definition) is 16. The zero-order chi connectivity index (χ0) is 61.6. The van der Waals surface area contributed by atoms with Crippen molar-refractivity contribution < 1.29 is 85.7 Å². The Kier molecular flexibility index (Phi) is 22.8. The molecule has 1 aliphatic heterocycles. The summed E-state index contributed by atoms with van der Waals surface area (Å²) in [7, 11) is 0. The number of rotatable bonds is 25. The molecule has 4 aliphatic carbocycles. The number of Topliss-reactive ketones (excluding diaryl/α,β-unsaturated/α-hetero) is 1. The second kappa shape index (κ2) is 28.8. The van der Waals surface area contributed by atoms with Gasteiger partial charge in [-0.15, -0.1) is 0 Å². The van der Waals surface area contributed by atoms with E-state index in [0.29, 0.717) is 25.7 Å². The van der Waals surface area contributed by atoms with Crippen molar-refractivity contribution in [3.63, 3.8) is 0 Å². The minimum absolute atomic E-state index is 0.00239. The maximum atomic E-state index is 15.9. The molecular weight excluding hydrogens is 1090 g/mol. The predicted octanol–water partition coefficient (Wildman–Crippen LogP) is 10.7. The monoisotopic (exact) mass is 1170 g/mol. The first-order valence-corrected chi connectivity index (χ1v) is 29.0. The Labute approximate surface area is 491 Å². The molecule has 4 fully saturated rings. The first kappa shape index (κ1) is 66.3. The van der Waals surface area contributed by atoms with Crippen LogP contribution < -0.4 is 5.32 Å². The average Bonchev–Trinajstić information content (AvgIpc) is 0.720. The van der Waals surface area contributed by atoms with Gasteiger partial charge in [-0.3, -0.25) is 19.2 Å². The number of alkyl carbamates (subject to hydrolysis) is 1. The Morgan fingerprint density at radius 3 is 1.92 bits per heavy atom. The number of benzene rings is 1. The zero-order valence-corrected chi connectivity index (χ0v) is 49.6. The molecule has 1 heterocycles. The topological polar surface area (TPSA) is 237 Å². The summed E-state index contributed by atoms with van der Waals surface area (Å²) < 4.78 is 70.9. The highest BCUT2D eigenvalue weighted by Crippen LogP contribution is 2.64. The minimum Gasteiger partial charge on any atom is -0.455 e. The summed E-state index contributed by atoms with van der Waals surface area (Å²) in [6.07, 6.45) is 14.6. The third kappa shape index (κ3) is 15.9. The zero-order valence-electron chi connectivity index (χ0n) is 49.6. The van der Waals surface area contributed by atoms with E-state index in [-0.39, 0.29) is 42.0 Å². The third-order valence-corrected chi connectivity index (χ3v) is 16.2. The van der Waals surface area contributed by atoms with Crippen molar-refractivity contribution in [2.45, 2.75) is 199 Å². The lowest BCUT2D eigenvalue weighted by Crippen LogP contribution is -2.82. The van der Waals surface area contributed by atoms with Gasteiger partial charge in [-0.05, 0) is 116 Å². The molecule has 19 heteroatoms. The number of aliphatic hydroxyl groups is 2. The molecule has 3 N–H and O–H groups in total. The van der Waals surface area contributed by atoms with Gasteiger partial charge in [0.1, 0.15) is 35.6 Å². The lowest BCUT2D eigenvalue weighted by atomic mass is 9.44. The van der Waals surface area contributed by atoms with Crippen LogP contribution >= 0.6 is 0 Å². The van der Waals surface area contributed by atoms with E-state index in [1.807, 2.05) is 18.2 Å². The molecule has 2 bridgehead atoms. The van der Waals surface area contributed by atoms with Crippen LogP contribution in [0.5, 0.6) is 0 Å². The van der Waals surface area contributed by atoms with Crippen LogP contribution in [0.3, 0.4) is 0 Å². The fraction of sp³-hybridized carbons (Fsp3) is 0.554. The minimum atomic E-state index is -2.57. The van der Waals surface area contributed by atoms with Crippen molar-refractivity contribution >= 4 is 41.7 Å². The highest BCUT2D eigenvalue weighted by Gasteiger charge is 2.78. The summed E-state index contributed by atoms with van der Waals surface area (Å²) in [5.41, 5.74) is -9.67. The van der Waals surface area contributed by atoms with Crippen LogP contribution in [0.25, 0.3) is 0 Å². The van der Waals surface area contributed by atoms with Gasteiger partial charge in [-0.25, -0.2) is 14.4 Å². The summed E-state index contributed by atoms with van der Waals surface area (Å²) in [5, 5.41) is 28.5. The van der Waals surface area contributed by atoms with Gasteiger partial charge >= 0.3 is 35.9 Å². The SMILES string of the molecule is CC/C=C\C/C=C\C/C=C\C/C=C\C/C=C\C/C=C\CCC(=O)O[C@@H](C(=O)O[C@H]1C[C@@]2(O)[C@@H](OC(=O)c3ccccc3)[C@@H]3[C@]4(OC(C)=O)CO[C@@H]4C[C@H](O)[C@@]3(C)C(=O)[C@H](OC(=O)C3CC3)C(=C1C)C2(C)C)[C@H](C=C(F)F)NC(=O)OC(C)(C)C. The number of carbonyl (C=O) groups excluding carboxylic acids is 7. The van der Waals surface area contributed by atoms with Crippen molar-refractivity contribution in [1.82, 2.24) is 5.32 Å². The number of fused-ring (bicyclic) bond motifs is 5. The molecule has 458 valence electrons. The smallest absolute Gasteiger partial charge is 0.408 e. The maximum Gasteiger partial charge on any atom is 0.408 e. The van der Waals surface area contributed by atoms with E-state index in [4.69, 9.17) is 33.2 Å². The number of amides is 1. The Morgan fingerprint density at radius 2 is 1.40 bits per heavy atom. The molecule has 84 heavy (non-hydrogen) atoms. The number of allylic oxidation sites excluding steroid dienone is 12. The van der Waals surface area contributed by atoms with Crippen LogP contribution in [0.1, 0.15) is 150 Å². The van der Waals surface area contributed by atoms with E-state index in [2.05, 4.69) is 60.8 Å². The second-order valence-corrected chi connectivity index (χ2v) is 23.8. The van der Waals surface area contributed by atoms with Crippen molar-refractivity contribution in [1.29, 1.82) is 0 Å². The van der Waals surface area contributed by atoms with E-state index >= 15 is 4.79 Å². The van der Waals surface area contributed by atoms with Gasteiger partial charge in [-0.1, -0.05) is 112 Å². The molecule has 3 saturated carbocycles. The van der Waals surface area contributed by atoms with Gasteiger partial charge in [0.05, 0.1) is 35.5 Å². The summed E-state index contributed by atoms with van der Waals surface area (Å²) >= 11 is 0.